The van der Waals surface area contributed by atoms with E-state index >= 15 is 0 Å². The summed E-state index contributed by atoms with van der Waals surface area (Å²) in [5, 5.41) is 10.0. The minimum atomic E-state index is -0.567. The van der Waals surface area contributed by atoms with E-state index < -0.39 is 11.0 Å². The molecule has 0 aromatic carbocycles. The number of carbonyl (C=O) groups excluding carboxylic acids is 1. The Balaban J connectivity index is 1.96. The maximum Gasteiger partial charge on any atom is 0.312 e. The molecule has 4 saturated carbocycles. The fourth-order valence-corrected chi connectivity index (χ4v) is 5.50. The highest BCUT2D eigenvalue weighted by Gasteiger charge is 2.60. The molecule has 0 saturated heterocycles. The normalized spacial score (nSPS) is 42.3. The van der Waals surface area contributed by atoms with Crippen molar-refractivity contribution in [3.8, 4) is 0 Å². The number of hydrogen-bond acceptors (Lipinski definition) is 3. The summed E-state index contributed by atoms with van der Waals surface area (Å²) in [7, 11) is 0. The molecule has 1 N–H and O–H groups in total. The van der Waals surface area contributed by atoms with Crippen LogP contribution in [0.4, 0.5) is 0 Å². The fraction of sp³-hybridized carbons (Fsp3) is 0.850. The fourth-order valence-electron chi connectivity index (χ4n) is 5.50. The first-order chi connectivity index (χ1) is 10.9. The van der Waals surface area contributed by atoms with Gasteiger partial charge in [-0.25, -0.2) is 0 Å². The van der Waals surface area contributed by atoms with Crippen LogP contribution < -0.4 is 0 Å². The van der Waals surface area contributed by atoms with Crippen LogP contribution in [0.3, 0.4) is 0 Å². The van der Waals surface area contributed by atoms with Crippen LogP contribution in [-0.4, -0.2) is 23.3 Å². The monoisotopic (exact) mass is 320 g/mol. The van der Waals surface area contributed by atoms with Crippen LogP contribution in [0.25, 0.3) is 0 Å². The molecule has 130 valence electrons. The Bertz CT molecular complexity index is 483. The molecule has 0 amide bonds. The average molecular weight is 320 g/mol. The van der Waals surface area contributed by atoms with Crippen LogP contribution in [0.1, 0.15) is 59.3 Å². The standard InChI is InChI=1S/C20H32O3/c1-5-19(3,4)18(22)23-20(6-2)15-10-13-7-8-17(20)16(12-21)14(9-13)11-15/h6,13-17,21H,2,5,7-12H2,1,3-4H3. The number of aliphatic hydroxyl groups excluding tert-OH is 1. The maximum atomic E-state index is 12.8. The number of esters is 1. The molecule has 4 bridgehead atoms. The zero-order valence-electron chi connectivity index (χ0n) is 14.9. The second-order valence-electron chi connectivity index (χ2n) is 8.75. The highest BCUT2D eigenvalue weighted by Crippen LogP contribution is 2.60. The van der Waals surface area contributed by atoms with Crippen molar-refractivity contribution in [2.75, 3.05) is 6.61 Å². The van der Waals surface area contributed by atoms with E-state index in [2.05, 4.69) is 6.58 Å². The van der Waals surface area contributed by atoms with Gasteiger partial charge >= 0.3 is 5.97 Å². The van der Waals surface area contributed by atoms with Crippen molar-refractivity contribution >= 4 is 5.97 Å². The number of hydrogen-bond donors (Lipinski definition) is 1. The van der Waals surface area contributed by atoms with Crippen LogP contribution in [0.5, 0.6) is 0 Å². The Labute approximate surface area is 140 Å². The van der Waals surface area contributed by atoms with E-state index in [0.717, 1.165) is 31.6 Å². The van der Waals surface area contributed by atoms with Gasteiger partial charge in [0.25, 0.3) is 0 Å². The Kier molecular flexibility index (Phi) is 4.37. The molecule has 6 atom stereocenters. The molecule has 0 aromatic rings. The molecule has 6 unspecified atom stereocenters. The van der Waals surface area contributed by atoms with E-state index in [1.54, 1.807) is 0 Å². The van der Waals surface area contributed by atoms with Crippen LogP contribution in [0.2, 0.25) is 0 Å². The average Bonchev–Trinajstić information content (AvgIpc) is 2.73. The minimum Gasteiger partial charge on any atom is -0.454 e. The molecule has 0 aliphatic heterocycles. The third-order valence-corrected chi connectivity index (χ3v) is 7.30. The van der Waals surface area contributed by atoms with Crippen LogP contribution in [-0.2, 0) is 9.53 Å². The largest absolute Gasteiger partial charge is 0.454 e. The lowest BCUT2D eigenvalue weighted by molar-refractivity contribution is -0.194. The smallest absolute Gasteiger partial charge is 0.312 e. The predicted molar refractivity (Wildman–Crippen MR) is 90.7 cm³/mol. The van der Waals surface area contributed by atoms with Gasteiger partial charge in [0, 0.05) is 18.4 Å². The van der Waals surface area contributed by atoms with Gasteiger partial charge in [-0.2, -0.15) is 0 Å². The van der Waals surface area contributed by atoms with Gasteiger partial charge in [-0.1, -0.05) is 13.5 Å². The Morgan fingerprint density at radius 3 is 2.70 bits per heavy atom. The SMILES string of the molecule is C=CC1(OC(=O)C(C)(C)CC)C2CC3CCC1C(CO)C(C3)C2. The van der Waals surface area contributed by atoms with Crippen molar-refractivity contribution in [3.63, 3.8) is 0 Å². The first kappa shape index (κ1) is 17.0. The van der Waals surface area contributed by atoms with Gasteiger partial charge in [-0.05, 0) is 76.2 Å². The van der Waals surface area contributed by atoms with Crippen LogP contribution in [0, 0.1) is 35.0 Å². The summed E-state index contributed by atoms with van der Waals surface area (Å²) in [5.41, 5.74) is -1.03. The predicted octanol–water partition coefficient (Wildman–Crippen LogP) is 3.96. The molecule has 0 radical (unpaired) electrons. The first-order valence-corrected chi connectivity index (χ1v) is 9.35. The van der Waals surface area contributed by atoms with Gasteiger partial charge in [0.1, 0.15) is 5.60 Å². The molecule has 4 fully saturated rings. The lowest BCUT2D eigenvalue weighted by Crippen LogP contribution is -2.57. The van der Waals surface area contributed by atoms with Gasteiger partial charge < -0.3 is 9.84 Å². The molecular formula is C20H32O3. The molecule has 4 aliphatic carbocycles. The van der Waals surface area contributed by atoms with Crippen LogP contribution >= 0.6 is 0 Å². The first-order valence-electron chi connectivity index (χ1n) is 9.35. The quantitative estimate of drug-likeness (QED) is 0.616. The molecule has 0 aromatic heterocycles. The summed E-state index contributed by atoms with van der Waals surface area (Å²) in [6.45, 7) is 10.2. The molecule has 4 rings (SSSR count). The van der Waals surface area contributed by atoms with Crippen molar-refractivity contribution in [3.05, 3.63) is 12.7 Å². The highest BCUT2D eigenvalue weighted by atomic mass is 16.6. The van der Waals surface area contributed by atoms with Crippen molar-refractivity contribution in [1.29, 1.82) is 0 Å². The third kappa shape index (κ3) is 2.56. The number of fused-ring (bicyclic) bond motifs is 1. The zero-order chi connectivity index (χ0) is 16.8. The molecule has 3 heteroatoms. The number of carbonyl (C=O) groups is 1. The van der Waals surface area contributed by atoms with Crippen molar-refractivity contribution in [1.82, 2.24) is 0 Å². The summed E-state index contributed by atoms with van der Waals surface area (Å²) in [4.78, 5) is 12.8. The van der Waals surface area contributed by atoms with E-state index in [0.29, 0.717) is 11.8 Å². The maximum absolute atomic E-state index is 12.8. The number of ether oxygens (including phenoxy) is 1. The van der Waals surface area contributed by atoms with Crippen molar-refractivity contribution in [2.45, 2.75) is 64.9 Å². The zero-order valence-corrected chi connectivity index (χ0v) is 14.9. The van der Waals surface area contributed by atoms with Gasteiger partial charge in [-0.3, -0.25) is 4.79 Å². The second-order valence-corrected chi connectivity index (χ2v) is 8.75. The molecule has 0 heterocycles. The number of aliphatic hydroxyl groups is 1. The summed E-state index contributed by atoms with van der Waals surface area (Å²) < 4.78 is 6.26. The minimum absolute atomic E-state index is 0.107. The summed E-state index contributed by atoms with van der Waals surface area (Å²) >= 11 is 0. The Morgan fingerprint density at radius 1 is 1.35 bits per heavy atom. The van der Waals surface area contributed by atoms with Gasteiger partial charge in [0.15, 0.2) is 0 Å². The highest BCUT2D eigenvalue weighted by molar-refractivity contribution is 5.76. The van der Waals surface area contributed by atoms with Crippen molar-refractivity contribution in [2.24, 2.45) is 35.0 Å². The second kappa shape index (κ2) is 5.91. The van der Waals surface area contributed by atoms with Crippen molar-refractivity contribution < 1.29 is 14.6 Å². The molecule has 23 heavy (non-hydrogen) atoms. The lowest BCUT2D eigenvalue weighted by Gasteiger charge is -2.55. The Hall–Kier alpha value is -0.830. The Morgan fingerprint density at radius 2 is 2.09 bits per heavy atom. The van der Waals surface area contributed by atoms with Crippen LogP contribution in [0.15, 0.2) is 12.7 Å². The van der Waals surface area contributed by atoms with E-state index in [-0.39, 0.29) is 24.4 Å². The molecule has 4 aliphatic rings. The van der Waals surface area contributed by atoms with Gasteiger partial charge in [0.05, 0.1) is 5.41 Å². The number of rotatable bonds is 5. The summed E-state index contributed by atoms with van der Waals surface area (Å²) in [6.07, 6.45) is 8.41. The lowest BCUT2D eigenvalue weighted by atomic mass is 9.55. The van der Waals surface area contributed by atoms with E-state index in [1.807, 2.05) is 26.8 Å². The summed E-state index contributed by atoms with van der Waals surface area (Å²) in [5.74, 6) is 2.10. The van der Waals surface area contributed by atoms with Gasteiger partial charge in [0.2, 0.25) is 0 Å². The molecule has 3 nitrogen and oxygen atoms in total. The topological polar surface area (TPSA) is 46.5 Å². The van der Waals surface area contributed by atoms with E-state index in [9.17, 15) is 9.90 Å². The molecular weight excluding hydrogens is 288 g/mol. The summed E-state index contributed by atoms with van der Waals surface area (Å²) in [6, 6.07) is 0. The third-order valence-electron chi connectivity index (χ3n) is 7.30. The van der Waals surface area contributed by atoms with Gasteiger partial charge in [-0.15, -0.1) is 0 Å². The van der Waals surface area contributed by atoms with E-state index in [1.165, 1.54) is 12.8 Å². The molecule has 0 spiro atoms. The van der Waals surface area contributed by atoms with E-state index in [4.69, 9.17) is 4.74 Å².